The van der Waals surface area contributed by atoms with Crippen LogP contribution in [0, 0.1) is 5.92 Å². The van der Waals surface area contributed by atoms with Crippen molar-refractivity contribution in [3.05, 3.63) is 0 Å². The molecule has 0 aliphatic heterocycles. The minimum atomic E-state index is -2.76. The number of nitrogens with one attached hydrogen (secondary N) is 2. The van der Waals surface area contributed by atoms with Crippen LogP contribution in [-0.4, -0.2) is 35.8 Å². The van der Waals surface area contributed by atoms with Gasteiger partial charge in [0.2, 0.25) is 13.9 Å². The Labute approximate surface area is 114 Å². The lowest BCUT2D eigenvalue weighted by molar-refractivity contribution is -0.123. The fourth-order valence-corrected chi connectivity index (χ4v) is 1.61. The zero-order valence-electron chi connectivity index (χ0n) is 11.6. The summed E-state index contributed by atoms with van der Waals surface area (Å²) in [6, 6.07) is -0.782. The van der Waals surface area contributed by atoms with Gasteiger partial charge >= 0.3 is 6.09 Å². The van der Waals surface area contributed by atoms with Crippen LogP contribution in [0.1, 0.15) is 33.6 Å². The summed E-state index contributed by atoms with van der Waals surface area (Å²) in [5.74, 6) is -0.644. The first-order valence-corrected chi connectivity index (χ1v) is 7.87. The van der Waals surface area contributed by atoms with Crippen LogP contribution in [0.15, 0.2) is 0 Å². The number of carbonyl (C=O) groups excluding carboxylic acids is 2. The van der Waals surface area contributed by atoms with Gasteiger partial charge in [-0.1, -0.05) is 27.2 Å². The van der Waals surface area contributed by atoms with E-state index in [1.54, 1.807) is 13.8 Å². The van der Waals surface area contributed by atoms with Crippen LogP contribution in [0.5, 0.6) is 0 Å². The molecule has 3 N–H and O–H groups in total. The number of unbranched alkanes of at least 4 members (excludes halogenated alkanes) is 1. The third-order valence-corrected chi connectivity index (χ3v) is 2.85. The van der Waals surface area contributed by atoms with E-state index in [0.29, 0.717) is 6.61 Å². The molecule has 112 valence electrons. The number of amides is 2. The van der Waals surface area contributed by atoms with Crippen molar-refractivity contribution in [3.63, 3.8) is 0 Å². The number of carbonyl (C=O) groups is 2. The van der Waals surface area contributed by atoms with Crippen molar-refractivity contribution in [3.8, 4) is 0 Å². The Hall–Kier alpha value is -1.07. The van der Waals surface area contributed by atoms with Gasteiger partial charge in [0.25, 0.3) is 0 Å². The van der Waals surface area contributed by atoms with Crippen molar-refractivity contribution in [2.75, 3.05) is 12.9 Å². The van der Waals surface area contributed by atoms with Gasteiger partial charge in [-0.3, -0.25) is 9.36 Å². The molecule has 19 heavy (non-hydrogen) atoms. The van der Waals surface area contributed by atoms with Crippen molar-refractivity contribution in [1.82, 2.24) is 10.6 Å². The highest BCUT2D eigenvalue weighted by Crippen LogP contribution is 2.09. The molecule has 0 spiro atoms. The molecule has 0 saturated carbocycles. The lowest BCUT2D eigenvalue weighted by atomic mass is 10.0. The fourth-order valence-electron chi connectivity index (χ4n) is 1.29. The van der Waals surface area contributed by atoms with Gasteiger partial charge in [0.15, 0.2) is 0 Å². The lowest BCUT2D eigenvalue weighted by Gasteiger charge is -2.21. The number of hydrogen-bond donors (Lipinski definition) is 3. The fraction of sp³-hybridized carbons (Fsp3) is 0.818. The molecule has 2 atom stereocenters. The molecular weight excluding hydrogens is 271 g/mol. The zero-order chi connectivity index (χ0) is 14.8. The van der Waals surface area contributed by atoms with Crippen molar-refractivity contribution < 1.29 is 23.8 Å². The minimum Gasteiger partial charge on any atom is -0.450 e. The molecule has 7 nitrogen and oxygen atoms in total. The summed E-state index contributed by atoms with van der Waals surface area (Å²) in [4.78, 5) is 31.9. The third-order valence-electron chi connectivity index (χ3n) is 2.37. The van der Waals surface area contributed by atoms with Crippen molar-refractivity contribution >= 4 is 20.0 Å². The minimum absolute atomic E-state index is 0.153. The highest BCUT2D eigenvalue weighted by atomic mass is 31.1. The standard InChI is InChI=1S/C11H23N2O5P/c1-4-5-6-18-11(15)13-9(8(2)3)10(14)12-7-19(16)17/h8-9,19H,4-7H2,1-3H3,(H,12,14)(H,13,15)(H,16,17)/t9-/m0/s1. The Morgan fingerprint density at radius 1 is 1.37 bits per heavy atom. The number of hydrogen-bond acceptors (Lipinski definition) is 4. The second kappa shape index (κ2) is 9.81. The van der Waals surface area contributed by atoms with E-state index in [4.69, 9.17) is 9.63 Å². The van der Waals surface area contributed by atoms with Gasteiger partial charge in [0, 0.05) is 0 Å². The Morgan fingerprint density at radius 3 is 2.47 bits per heavy atom. The van der Waals surface area contributed by atoms with Gasteiger partial charge in [-0.2, -0.15) is 0 Å². The van der Waals surface area contributed by atoms with Gasteiger partial charge < -0.3 is 20.3 Å². The third kappa shape index (κ3) is 8.61. The molecule has 8 heteroatoms. The maximum Gasteiger partial charge on any atom is 0.407 e. The first-order valence-electron chi connectivity index (χ1n) is 6.31. The predicted molar refractivity (Wildman–Crippen MR) is 72.2 cm³/mol. The highest BCUT2D eigenvalue weighted by molar-refractivity contribution is 7.37. The molecule has 0 radical (unpaired) electrons. The van der Waals surface area contributed by atoms with Crippen LogP contribution in [-0.2, 0) is 14.1 Å². The van der Waals surface area contributed by atoms with Crippen LogP contribution in [0.25, 0.3) is 0 Å². The average Bonchev–Trinajstić information content (AvgIpc) is 2.33. The maximum atomic E-state index is 11.7. The molecule has 2 amide bonds. The van der Waals surface area contributed by atoms with Gasteiger partial charge in [0.1, 0.15) is 6.04 Å². The van der Waals surface area contributed by atoms with Gasteiger partial charge in [-0.25, -0.2) is 4.79 Å². The van der Waals surface area contributed by atoms with E-state index in [-0.39, 0.29) is 12.2 Å². The summed E-state index contributed by atoms with van der Waals surface area (Å²) in [6.07, 6.45) is 0.725. The van der Waals surface area contributed by atoms with Crippen molar-refractivity contribution in [2.45, 2.75) is 39.7 Å². The normalized spacial score (nSPS) is 13.7. The van der Waals surface area contributed by atoms with Crippen LogP contribution >= 0.6 is 8.03 Å². The quantitative estimate of drug-likeness (QED) is 0.459. The second-order valence-corrected chi connectivity index (χ2v) is 5.61. The summed E-state index contributed by atoms with van der Waals surface area (Å²) in [7, 11) is -2.76. The second-order valence-electron chi connectivity index (χ2n) is 4.47. The van der Waals surface area contributed by atoms with Crippen LogP contribution in [0.4, 0.5) is 4.79 Å². The highest BCUT2D eigenvalue weighted by Gasteiger charge is 2.24. The molecule has 1 unspecified atom stereocenters. The molecule has 0 fully saturated rings. The van der Waals surface area contributed by atoms with Crippen molar-refractivity contribution in [2.24, 2.45) is 5.92 Å². The molecule has 0 bridgehead atoms. The van der Waals surface area contributed by atoms with E-state index in [1.807, 2.05) is 6.92 Å². The summed E-state index contributed by atoms with van der Waals surface area (Å²) in [5, 5.41) is 4.76. The molecule has 0 aliphatic carbocycles. The molecule has 0 aromatic carbocycles. The number of ether oxygens (including phenoxy) is 1. The number of alkyl carbamates (subject to hydrolysis) is 1. The van der Waals surface area contributed by atoms with E-state index in [2.05, 4.69) is 10.6 Å². The summed E-state index contributed by atoms with van der Waals surface area (Å²) in [6.45, 7) is 5.80. The molecule has 0 aliphatic rings. The SMILES string of the molecule is CCCCOC(=O)N[C@H](C(=O)NC[PH](=O)O)C(C)C. The number of rotatable bonds is 8. The monoisotopic (exact) mass is 294 g/mol. The van der Waals surface area contributed by atoms with E-state index in [0.717, 1.165) is 12.8 Å². The van der Waals surface area contributed by atoms with Crippen molar-refractivity contribution in [1.29, 1.82) is 0 Å². The average molecular weight is 294 g/mol. The first-order chi connectivity index (χ1) is 8.88. The van der Waals surface area contributed by atoms with Gasteiger partial charge in [0.05, 0.1) is 12.9 Å². The molecule has 0 rings (SSSR count). The smallest absolute Gasteiger partial charge is 0.407 e. The first kappa shape index (κ1) is 17.9. The summed E-state index contributed by atoms with van der Waals surface area (Å²) >= 11 is 0. The Bertz CT molecular complexity index is 322. The zero-order valence-corrected chi connectivity index (χ0v) is 12.6. The Morgan fingerprint density at radius 2 is 2.00 bits per heavy atom. The topological polar surface area (TPSA) is 105 Å². The summed E-state index contributed by atoms with van der Waals surface area (Å²) in [5.41, 5.74) is 0. The van der Waals surface area contributed by atoms with Crippen LogP contribution in [0.2, 0.25) is 0 Å². The van der Waals surface area contributed by atoms with Gasteiger partial charge in [-0.05, 0) is 12.3 Å². The Kier molecular flexibility index (Phi) is 9.26. The van der Waals surface area contributed by atoms with E-state index in [9.17, 15) is 14.2 Å². The summed E-state index contributed by atoms with van der Waals surface area (Å²) < 4.78 is 15.5. The van der Waals surface area contributed by atoms with E-state index < -0.39 is 26.1 Å². The molecule has 0 aromatic heterocycles. The molecule has 0 aromatic rings. The molecule has 0 saturated heterocycles. The van der Waals surface area contributed by atoms with Gasteiger partial charge in [-0.15, -0.1) is 0 Å². The maximum absolute atomic E-state index is 11.7. The van der Waals surface area contributed by atoms with E-state index >= 15 is 0 Å². The molecule has 0 heterocycles. The van der Waals surface area contributed by atoms with Crippen LogP contribution < -0.4 is 10.6 Å². The Balaban J connectivity index is 4.28. The molecular formula is C11H23N2O5P. The largest absolute Gasteiger partial charge is 0.450 e. The van der Waals surface area contributed by atoms with Crippen LogP contribution in [0.3, 0.4) is 0 Å². The lowest BCUT2D eigenvalue weighted by Crippen LogP contribution is -2.49. The van der Waals surface area contributed by atoms with E-state index in [1.165, 1.54) is 0 Å². The predicted octanol–water partition coefficient (Wildman–Crippen LogP) is 1.08.